The van der Waals surface area contributed by atoms with Crippen LogP contribution in [0.2, 0.25) is 0 Å². The summed E-state index contributed by atoms with van der Waals surface area (Å²) >= 11 is 0. The van der Waals surface area contributed by atoms with Crippen molar-refractivity contribution in [1.82, 2.24) is 10.3 Å². The Morgan fingerprint density at radius 2 is 2.12 bits per heavy atom. The van der Waals surface area contributed by atoms with Crippen molar-refractivity contribution in [2.75, 3.05) is 6.54 Å². The van der Waals surface area contributed by atoms with E-state index >= 15 is 0 Å². The third-order valence-corrected chi connectivity index (χ3v) is 3.29. The molecule has 1 rings (SSSR count). The molecule has 0 saturated heterocycles. The van der Waals surface area contributed by atoms with Gasteiger partial charge < -0.3 is 9.73 Å². The third-order valence-electron chi connectivity index (χ3n) is 3.29. The summed E-state index contributed by atoms with van der Waals surface area (Å²) in [6.07, 6.45) is 3.96. The predicted molar refractivity (Wildman–Crippen MR) is 70.8 cm³/mol. The summed E-state index contributed by atoms with van der Waals surface area (Å²) in [7, 11) is 0. The van der Waals surface area contributed by atoms with E-state index in [1.165, 1.54) is 0 Å². The number of hydrogen-bond donors (Lipinski definition) is 1. The Bertz CT molecular complexity index is 325. The van der Waals surface area contributed by atoms with Crippen LogP contribution in [0.5, 0.6) is 0 Å². The SMILES string of the molecule is CCCNCc1ncc(CC(C)C(C)(C)C)o1. The average Bonchev–Trinajstić information content (AvgIpc) is 2.65. The van der Waals surface area contributed by atoms with Gasteiger partial charge in [-0.25, -0.2) is 4.98 Å². The molecule has 3 heteroatoms. The molecule has 1 unspecified atom stereocenters. The molecular weight excluding hydrogens is 212 g/mol. The smallest absolute Gasteiger partial charge is 0.208 e. The van der Waals surface area contributed by atoms with Gasteiger partial charge in [0, 0.05) is 6.42 Å². The Hall–Kier alpha value is -0.830. The third kappa shape index (κ3) is 4.90. The zero-order valence-electron chi connectivity index (χ0n) is 11.8. The van der Waals surface area contributed by atoms with Gasteiger partial charge in [-0.15, -0.1) is 0 Å². The molecule has 0 radical (unpaired) electrons. The quantitative estimate of drug-likeness (QED) is 0.772. The highest BCUT2D eigenvalue weighted by molar-refractivity contribution is 4.96. The minimum atomic E-state index is 0.313. The second-order valence-electron chi connectivity index (χ2n) is 5.87. The molecule has 1 aromatic rings. The number of rotatable bonds is 6. The molecule has 0 aromatic carbocycles. The van der Waals surface area contributed by atoms with Gasteiger partial charge in [0.15, 0.2) is 0 Å². The molecule has 98 valence electrons. The van der Waals surface area contributed by atoms with Crippen LogP contribution in [0.25, 0.3) is 0 Å². The standard InChI is InChI=1S/C14H26N2O/c1-6-7-15-10-13-16-9-12(17-13)8-11(2)14(3,4)5/h9,11,15H,6-8,10H2,1-5H3. The number of nitrogens with zero attached hydrogens (tertiary/aromatic N) is 1. The minimum Gasteiger partial charge on any atom is -0.444 e. The first kappa shape index (κ1) is 14.2. The monoisotopic (exact) mass is 238 g/mol. The largest absolute Gasteiger partial charge is 0.444 e. The van der Waals surface area contributed by atoms with Crippen LogP contribution in [0.1, 0.15) is 52.7 Å². The lowest BCUT2D eigenvalue weighted by Crippen LogP contribution is -2.19. The lowest BCUT2D eigenvalue weighted by atomic mass is 9.80. The van der Waals surface area contributed by atoms with Crippen molar-refractivity contribution in [2.24, 2.45) is 11.3 Å². The van der Waals surface area contributed by atoms with E-state index in [0.717, 1.165) is 37.6 Å². The molecule has 0 spiro atoms. The summed E-state index contributed by atoms with van der Waals surface area (Å²) in [4.78, 5) is 4.29. The molecule has 1 aromatic heterocycles. The van der Waals surface area contributed by atoms with Gasteiger partial charge in [0.25, 0.3) is 0 Å². The minimum absolute atomic E-state index is 0.313. The van der Waals surface area contributed by atoms with Crippen LogP contribution in [0, 0.1) is 11.3 Å². The van der Waals surface area contributed by atoms with E-state index in [0.29, 0.717) is 11.3 Å². The van der Waals surface area contributed by atoms with Crippen LogP contribution in [0.3, 0.4) is 0 Å². The Morgan fingerprint density at radius 1 is 1.41 bits per heavy atom. The molecular formula is C14H26N2O. The zero-order valence-corrected chi connectivity index (χ0v) is 11.8. The summed E-state index contributed by atoms with van der Waals surface area (Å²) in [5.41, 5.74) is 0.313. The molecule has 1 N–H and O–H groups in total. The van der Waals surface area contributed by atoms with Gasteiger partial charge >= 0.3 is 0 Å². The average molecular weight is 238 g/mol. The maximum atomic E-state index is 5.72. The Balaban J connectivity index is 2.45. The van der Waals surface area contributed by atoms with Gasteiger partial charge in [-0.05, 0) is 24.3 Å². The molecule has 0 amide bonds. The molecule has 0 saturated carbocycles. The van der Waals surface area contributed by atoms with Crippen molar-refractivity contribution in [3.8, 4) is 0 Å². The van der Waals surface area contributed by atoms with E-state index in [9.17, 15) is 0 Å². The number of aromatic nitrogens is 1. The van der Waals surface area contributed by atoms with Gasteiger partial charge in [-0.3, -0.25) is 0 Å². The van der Waals surface area contributed by atoms with Crippen molar-refractivity contribution in [2.45, 2.75) is 54.0 Å². The highest BCUT2D eigenvalue weighted by Crippen LogP contribution is 2.28. The Labute approximate surface area is 105 Å². The maximum Gasteiger partial charge on any atom is 0.208 e. The van der Waals surface area contributed by atoms with E-state index in [-0.39, 0.29) is 0 Å². The number of nitrogens with one attached hydrogen (secondary N) is 1. The van der Waals surface area contributed by atoms with Crippen LogP contribution in [-0.4, -0.2) is 11.5 Å². The Morgan fingerprint density at radius 3 is 2.71 bits per heavy atom. The lowest BCUT2D eigenvalue weighted by molar-refractivity contribution is 0.246. The Kier molecular flexibility index (Phi) is 5.19. The molecule has 1 heterocycles. The van der Waals surface area contributed by atoms with Crippen molar-refractivity contribution in [3.63, 3.8) is 0 Å². The summed E-state index contributed by atoms with van der Waals surface area (Å²) < 4.78 is 5.72. The first-order chi connectivity index (χ1) is 7.93. The van der Waals surface area contributed by atoms with E-state index in [1.54, 1.807) is 0 Å². The molecule has 0 aliphatic heterocycles. The van der Waals surface area contributed by atoms with Crippen LogP contribution >= 0.6 is 0 Å². The van der Waals surface area contributed by atoms with E-state index in [4.69, 9.17) is 4.42 Å². The zero-order chi connectivity index (χ0) is 12.9. The van der Waals surface area contributed by atoms with Gasteiger partial charge in [0.2, 0.25) is 5.89 Å². The highest BCUT2D eigenvalue weighted by Gasteiger charge is 2.21. The first-order valence-corrected chi connectivity index (χ1v) is 6.57. The summed E-state index contributed by atoms with van der Waals surface area (Å²) in [5.74, 6) is 2.39. The molecule has 3 nitrogen and oxygen atoms in total. The van der Waals surface area contributed by atoms with Crippen molar-refractivity contribution >= 4 is 0 Å². The fourth-order valence-electron chi connectivity index (χ4n) is 1.50. The number of hydrogen-bond acceptors (Lipinski definition) is 3. The van der Waals surface area contributed by atoms with Crippen LogP contribution in [-0.2, 0) is 13.0 Å². The first-order valence-electron chi connectivity index (χ1n) is 6.57. The molecule has 0 aliphatic rings. The van der Waals surface area contributed by atoms with Gasteiger partial charge in [0.05, 0.1) is 12.7 Å². The fourth-order valence-corrected chi connectivity index (χ4v) is 1.50. The summed E-state index contributed by atoms with van der Waals surface area (Å²) in [6, 6.07) is 0. The van der Waals surface area contributed by atoms with E-state index < -0.39 is 0 Å². The van der Waals surface area contributed by atoms with Crippen molar-refractivity contribution in [3.05, 3.63) is 17.8 Å². The van der Waals surface area contributed by atoms with Gasteiger partial charge in [-0.1, -0.05) is 34.6 Å². The van der Waals surface area contributed by atoms with E-state index in [2.05, 4.69) is 44.9 Å². The molecule has 17 heavy (non-hydrogen) atoms. The predicted octanol–water partition coefficient (Wildman–Crippen LogP) is 3.40. The number of oxazole rings is 1. The topological polar surface area (TPSA) is 38.1 Å². The normalized spacial score (nSPS) is 13.9. The fraction of sp³-hybridized carbons (Fsp3) is 0.786. The summed E-state index contributed by atoms with van der Waals surface area (Å²) in [6.45, 7) is 12.9. The highest BCUT2D eigenvalue weighted by atomic mass is 16.4. The molecule has 0 fully saturated rings. The lowest BCUT2D eigenvalue weighted by Gasteiger charge is -2.26. The van der Waals surface area contributed by atoms with Gasteiger partial charge in [-0.2, -0.15) is 0 Å². The van der Waals surface area contributed by atoms with Crippen LogP contribution in [0.15, 0.2) is 10.6 Å². The van der Waals surface area contributed by atoms with Gasteiger partial charge in [0.1, 0.15) is 5.76 Å². The second-order valence-corrected chi connectivity index (χ2v) is 5.87. The summed E-state index contributed by atoms with van der Waals surface area (Å²) in [5, 5.41) is 3.29. The molecule has 0 aliphatic carbocycles. The molecule has 1 atom stereocenters. The van der Waals surface area contributed by atoms with E-state index in [1.807, 2.05) is 6.20 Å². The van der Waals surface area contributed by atoms with Crippen LogP contribution in [0.4, 0.5) is 0 Å². The molecule has 0 bridgehead atoms. The van der Waals surface area contributed by atoms with Crippen molar-refractivity contribution in [1.29, 1.82) is 0 Å². The second kappa shape index (κ2) is 6.20. The maximum absolute atomic E-state index is 5.72. The van der Waals surface area contributed by atoms with Crippen LogP contribution < -0.4 is 5.32 Å². The van der Waals surface area contributed by atoms with Crippen molar-refractivity contribution < 1.29 is 4.42 Å².